The Bertz CT molecular complexity index is 1050. The number of hydrogen-bond acceptors (Lipinski definition) is 6. The highest BCUT2D eigenvalue weighted by atomic mass is 32.1. The number of hydrogen-bond donors (Lipinski definition) is 1. The lowest BCUT2D eigenvalue weighted by molar-refractivity contribution is -0.121. The highest BCUT2D eigenvalue weighted by Crippen LogP contribution is 2.28. The zero-order valence-corrected chi connectivity index (χ0v) is 21.3. The van der Waals surface area contributed by atoms with Crippen molar-refractivity contribution >= 4 is 17.2 Å². The Morgan fingerprint density at radius 3 is 2.83 bits per heavy atom. The second kappa shape index (κ2) is 12.4. The number of fused-ring (bicyclic) bond motifs is 1. The van der Waals surface area contributed by atoms with E-state index in [0.717, 1.165) is 66.8 Å². The molecule has 4 rings (SSSR count). The molecule has 2 aromatic rings. The molecule has 0 unspecified atom stereocenters. The Morgan fingerprint density at radius 2 is 2.09 bits per heavy atom. The fourth-order valence-electron chi connectivity index (χ4n) is 4.96. The summed E-state index contributed by atoms with van der Waals surface area (Å²) in [5, 5.41) is 4.23. The van der Waals surface area contributed by atoms with E-state index in [-0.39, 0.29) is 5.91 Å². The molecule has 1 aliphatic carbocycles. The Kier molecular flexibility index (Phi) is 9.04. The molecular formula is C27H35FN4O2S. The molecule has 0 bridgehead atoms. The molecule has 1 amide bonds. The maximum Gasteiger partial charge on any atom is 0.225 e. The predicted octanol–water partition coefficient (Wildman–Crippen LogP) is 4.93. The van der Waals surface area contributed by atoms with Crippen LogP contribution in [-0.4, -0.2) is 46.5 Å². The van der Waals surface area contributed by atoms with Crippen LogP contribution in [0.1, 0.15) is 53.2 Å². The Morgan fingerprint density at radius 1 is 1.29 bits per heavy atom. The molecule has 1 saturated carbocycles. The zero-order chi connectivity index (χ0) is 24.6. The van der Waals surface area contributed by atoms with Gasteiger partial charge in [0.05, 0.1) is 17.7 Å². The largest absolute Gasteiger partial charge is 0.447 e. The number of nitrogens with zero attached hydrogens (tertiary/aromatic N) is 3. The summed E-state index contributed by atoms with van der Waals surface area (Å²) in [5.41, 5.74) is 2.34. The normalized spacial score (nSPS) is 20.9. The maximum absolute atomic E-state index is 12.7. The number of allylic oxidation sites excluding steroid dienone is 2. The molecule has 1 fully saturated rings. The molecule has 2 aliphatic rings. The van der Waals surface area contributed by atoms with Gasteiger partial charge in [-0.15, -0.1) is 11.3 Å². The third-order valence-corrected chi connectivity index (χ3v) is 7.82. The van der Waals surface area contributed by atoms with Gasteiger partial charge in [-0.05, 0) is 63.5 Å². The number of carbonyl (C=O) groups excluding carboxylic acids is 1. The highest BCUT2D eigenvalue weighted by molar-refractivity contribution is 7.11. The molecular weight excluding hydrogens is 463 g/mol. The number of amides is 1. The van der Waals surface area contributed by atoms with E-state index in [2.05, 4.69) is 32.8 Å². The zero-order valence-electron chi connectivity index (χ0n) is 20.5. The summed E-state index contributed by atoms with van der Waals surface area (Å²) in [4.78, 5) is 24.8. The van der Waals surface area contributed by atoms with Crippen LogP contribution in [0.5, 0.6) is 5.88 Å². The molecule has 0 saturated heterocycles. The van der Waals surface area contributed by atoms with Crippen molar-refractivity contribution in [1.82, 2.24) is 20.2 Å². The summed E-state index contributed by atoms with van der Waals surface area (Å²) in [5.74, 6) is 0.789. The van der Waals surface area contributed by atoms with Crippen molar-refractivity contribution < 1.29 is 13.9 Å². The molecule has 0 atom stereocenters. The van der Waals surface area contributed by atoms with E-state index >= 15 is 0 Å². The number of pyridine rings is 1. The Labute approximate surface area is 211 Å². The molecule has 0 aromatic carbocycles. The van der Waals surface area contributed by atoms with Gasteiger partial charge in [0, 0.05) is 54.5 Å². The van der Waals surface area contributed by atoms with Gasteiger partial charge < -0.3 is 15.0 Å². The third-order valence-electron chi connectivity index (χ3n) is 6.91. The first kappa shape index (κ1) is 25.5. The number of carbonyl (C=O) groups is 1. The number of ether oxygens (including phenoxy) is 1. The summed E-state index contributed by atoms with van der Waals surface area (Å²) < 4.78 is 18.1. The minimum atomic E-state index is -0.546. The first-order valence-corrected chi connectivity index (χ1v) is 13.4. The van der Waals surface area contributed by atoms with Gasteiger partial charge in [-0.2, -0.15) is 0 Å². The first-order valence-electron chi connectivity index (χ1n) is 12.5. The number of thiazole rings is 1. The summed E-state index contributed by atoms with van der Waals surface area (Å²) in [7, 11) is 0. The van der Waals surface area contributed by atoms with Gasteiger partial charge >= 0.3 is 0 Å². The minimum absolute atomic E-state index is 0.118. The van der Waals surface area contributed by atoms with Crippen molar-refractivity contribution in [3.05, 3.63) is 64.2 Å². The van der Waals surface area contributed by atoms with Crippen LogP contribution in [0.3, 0.4) is 0 Å². The van der Waals surface area contributed by atoms with Gasteiger partial charge in [-0.1, -0.05) is 12.6 Å². The number of halogens is 1. The van der Waals surface area contributed by atoms with E-state index < -0.39 is 5.83 Å². The quantitative estimate of drug-likeness (QED) is 0.392. The molecule has 1 N–H and O–H groups in total. The number of aryl methyl sites for hydroxylation is 1. The topological polar surface area (TPSA) is 67.3 Å². The molecule has 2 aromatic heterocycles. The van der Waals surface area contributed by atoms with Gasteiger partial charge in [-0.25, -0.2) is 14.4 Å². The fraction of sp³-hybridized carbons (Fsp3) is 0.519. The van der Waals surface area contributed by atoms with Crippen molar-refractivity contribution in [3.8, 4) is 5.88 Å². The summed E-state index contributed by atoms with van der Waals surface area (Å²) in [6.07, 6.45) is 12.3. The highest BCUT2D eigenvalue weighted by Gasteiger charge is 2.24. The van der Waals surface area contributed by atoms with Crippen molar-refractivity contribution in [2.24, 2.45) is 5.92 Å². The molecule has 0 spiro atoms. The molecule has 8 heteroatoms. The molecule has 188 valence electrons. The van der Waals surface area contributed by atoms with Gasteiger partial charge in [0.1, 0.15) is 5.83 Å². The van der Waals surface area contributed by atoms with Gasteiger partial charge in [0.25, 0.3) is 0 Å². The standard InChI is InChI=1S/C27H35FN4O2S/c1-19(28)12-16-34-27-8-5-22-10-14-32(15-11-25(22)31-27)13-9-21-3-6-23(7-4-21)30-26(33)17-24-18-29-20(2)35-24/h5,8,12,16,18,21,23H,1,3-4,6-7,9-11,13-15,17H2,2H3,(H,30,33)/b16-12+/t21-,23-. The van der Waals surface area contributed by atoms with Crippen LogP contribution in [-0.2, 0) is 24.1 Å². The first-order chi connectivity index (χ1) is 16.9. The SMILES string of the molecule is C=C(F)/C=C/Oc1ccc2c(n1)CCN(CC[C@H]1CC[C@H](NC(=O)Cc3cnc(C)s3)CC1)CC2. The summed E-state index contributed by atoms with van der Waals surface area (Å²) in [6, 6.07) is 4.22. The number of aromatic nitrogens is 2. The molecule has 1 aliphatic heterocycles. The van der Waals surface area contributed by atoms with Crippen LogP contribution >= 0.6 is 11.3 Å². The van der Waals surface area contributed by atoms with Gasteiger partial charge in [0.15, 0.2) is 0 Å². The number of nitrogens with one attached hydrogen (secondary N) is 1. The van der Waals surface area contributed by atoms with Crippen molar-refractivity contribution in [3.63, 3.8) is 0 Å². The average Bonchev–Trinajstić information content (AvgIpc) is 3.12. The Hall–Kier alpha value is -2.58. The van der Waals surface area contributed by atoms with Crippen LogP contribution in [0.4, 0.5) is 4.39 Å². The van der Waals surface area contributed by atoms with E-state index in [1.165, 1.54) is 37.2 Å². The van der Waals surface area contributed by atoms with E-state index in [1.807, 2.05) is 19.2 Å². The van der Waals surface area contributed by atoms with Crippen LogP contribution in [0.2, 0.25) is 0 Å². The molecule has 3 heterocycles. The lowest BCUT2D eigenvalue weighted by atomic mass is 9.84. The average molecular weight is 499 g/mol. The second-order valence-electron chi connectivity index (χ2n) is 9.56. The summed E-state index contributed by atoms with van der Waals surface area (Å²) >= 11 is 1.60. The molecule has 35 heavy (non-hydrogen) atoms. The van der Waals surface area contributed by atoms with Crippen molar-refractivity contribution in [2.75, 3.05) is 19.6 Å². The Balaban J connectivity index is 1.16. The third kappa shape index (κ3) is 7.97. The van der Waals surface area contributed by atoms with Crippen molar-refractivity contribution in [1.29, 1.82) is 0 Å². The maximum atomic E-state index is 12.7. The molecule has 6 nitrogen and oxygen atoms in total. The van der Waals surface area contributed by atoms with E-state index in [4.69, 9.17) is 4.74 Å². The second-order valence-corrected chi connectivity index (χ2v) is 10.9. The van der Waals surface area contributed by atoms with Crippen LogP contribution in [0.25, 0.3) is 0 Å². The van der Waals surface area contributed by atoms with Crippen LogP contribution < -0.4 is 10.1 Å². The number of rotatable bonds is 9. The van der Waals surface area contributed by atoms with E-state index in [9.17, 15) is 9.18 Å². The summed E-state index contributed by atoms with van der Waals surface area (Å²) in [6.45, 7) is 8.28. The molecule has 0 radical (unpaired) electrons. The lowest BCUT2D eigenvalue weighted by Gasteiger charge is -2.30. The van der Waals surface area contributed by atoms with Crippen LogP contribution in [0.15, 0.2) is 43.1 Å². The lowest BCUT2D eigenvalue weighted by Crippen LogP contribution is -2.38. The monoisotopic (exact) mass is 498 g/mol. The van der Waals surface area contributed by atoms with Crippen LogP contribution in [0, 0.1) is 12.8 Å². The van der Waals surface area contributed by atoms with Gasteiger partial charge in [-0.3, -0.25) is 4.79 Å². The fourth-order valence-corrected chi connectivity index (χ4v) is 5.75. The van der Waals surface area contributed by atoms with E-state index in [1.54, 1.807) is 11.3 Å². The van der Waals surface area contributed by atoms with Gasteiger partial charge in [0.2, 0.25) is 11.8 Å². The smallest absolute Gasteiger partial charge is 0.225 e. The minimum Gasteiger partial charge on any atom is -0.447 e. The van der Waals surface area contributed by atoms with E-state index in [0.29, 0.717) is 18.3 Å². The van der Waals surface area contributed by atoms with Crippen molar-refractivity contribution in [2.45, 2.75) is 64.3 Å². The predicted molar refractivity (Wildman–Crippen MR) is 137 cm³/mol.